The van der Waals surface area contributed by atoms with Gasteiger partial charge in [0.1, 0.15) is 5.82 Å². The van der Waals surface area contributed by atoms with Crippen molar-refractivity contribution < 1.29 is 9.50 Å². The van der Waals surface area contributed by atoms with E-state index in [4.69, 9.17) is 0 Å². The molecule has 0 atom stereocenters. The van der Waals surface area contributed by atoms with Crippen LogP contribution in [0.4, 0.5) is 4.39 Å². The predicted molar refractivity (Wildman–Crippen MR) is 79.1 cm³/mol. The monoisotopic (exact) mass is 289 g/mol. The van der Waals surface area contributed by atoms with E-state index in [1.54, 1.807) is 12.3 Å². The van der Waals surface area contributed by atoms with Gasteiger partial charge in [-0.25, -0.2) is 4.39 Å². The molecule has 3 rings (SSSR count). The zero-order valence-electron chi connectivity index (χ0n) is 12.1. The van der Waals surface area contributed by atoms with Crippen molar-refractivity contribution >= 4 is 0 Å². The molecule has 1 heterocycles. The van der Waals surface area contributed by atoms with Crippen molar-refractivity contribution in [1.29, 1.82) is 0 Å². The Morgan fingerprint density at radius 3 is 2.90 bits per heavy atom. The lowest BCUT2D eigenvalue weighted by Crippen LogP contribution is -2.28. The summed E-state index contributed by atoms with van der Waals surface area (Å²) in [5.41, 5.74) is 2.79. The number of rotatable bonds is 6. The molecule has 0 unspecified atom stereocenters. The first-order valence-corrected chi connectivity index (χ1v) is 7.19. The number of aromatic amines is 1. The lowest BCUT2D eigenvalue weighted by Gasteiger charge is -2.22. The van der Waals surface area contributed by atoms with Crippen LogP contribution >= 0.6 is 0 Å². The minimum absolute atomic E-state index is 0.0947. The third kappa shape index (κ3) is 3.14. The molecule has 0 bridgehead atoms. The second kappa shape index (κ2) is 5.58. The number of halogens is 1. The summed E-state index contributed by atoms with van der Waals surface area (Å²) in [6.45, 7) is 1.85. The first-order chi connectivity index (χ1) is 10.1. The summed E-state index contributed by atoms with van der Waals surface area (Å²) in [4.78, 5) is 2.19. The second-order valence-electron chi connectivity index (χ2n) is 6.11. The molecule has 1 aromatic carbocycles. The van der Waals surface area contributed by atoms with Crippen LogP contribution in [0.15, 0.2) is 30.5 Å². The Bertz CT molecular complexity index is 621. The standard InChI is InChI=1S/C16H20FN3O/c1-20(10-16(11-21)5-6-16)9-13-8-18-19-15(13)12-3-2-4-14(17)7-12/h2-4,7-8,21H,5-6,9-11H2,1H3,(H,18,19). The van der Waals surface area contributed by atoms with Crippen LogP contribution in [0.5, 0.6) is 0 Å². The quantitative estimate of drug-likeness (QED) is 0.858. The summed E-state index contributed by atoms with van der Waals surface area (Å²) in [7, 11) is 2.04. The maximum absolute atomic E-state index is 13.4. The Morgan fingerprint density at radius 2 is 2.24 bits per heavy atom. The molecular weight excluding hydrogens is 269 g/mol. The number of hydrogen-bond acceptors (Lipinski definition) is 3. The fourth-order valence-corrected chi connectivity index (χ4v) is 2.79. The summed E-state index contributed by atoms with van der Waals surface area (Å²) in [6, 6.07) is 6.51. The maximum Gasteiger partial charge on any atom is 0.123 e. The third-order valence-electron chi connectivity index (χ3n) is 4.17. The van der Waals surface area contributed by atoms with Gasteiger partial charge in [-0.1, -0.05) is 12.1 Å². The van der Waals surface area contributed by atoms with Crippen molar-refractivity contribution in [2.45, 2.75) is 19.4 Å². The van der Waals surface area contributed by atoms with E-state index in [-0.39, 0.29) is 17.8 Å². The van der Waals surface area contributed by atoms with Crippen LogP contribution in [0.2, 0.25) is 0 Å². The van der Waals surface area contributed by atoms with Crippen molar-refractivity contribution in [3.05, 3.63) is 41.8 Å². The predicted octanol–water partition coefficient (Wildman–Crippen LogP) is 2.42. The summed E-state index contributed by atoms with van der Waals surface area (Å²) < 4.78 is 13.4. The number of H-pyrrole nitrogens is 1. The molecule has 0 spiro atoms. The second-order valence-corrected chi connectivity index (χ2v) is 6.11. The zero-order valence-corrected chi connectivity index (χ0v) is 12.1. The van der Waals surface area contributed by atoms with E-state index in [1.807, 2.05) is 13.1 Å². The molecule has 0 amide bonds. The Kier molecular flexibility index (Phi) is 3.78. The number of aliphatic hydroxyl groups excluding tert-OH is 1. The van der Waals surface area contributed by atoms with Crippen LogP contribution in [0.25, 0.3) is 11.3 Å². The number of hydrogen-bond donors (Lipinski definition) is 2. The highest BCUT2D eigenvalue weighted by atomic mass is 19.1. The molecule has 1 aliphatic rings. The Labute approximate surface area is 123 Å². The van der Waals surface area contributed by atoms with Gasteiger partial charge in [-0.15, -0.1) is 0 Å². The fourth-order valence-electron chi connectivity index (χ4n) is 2.79. The van der Waals surface area contributed by atoms with Gasteiger partial charge in [-0.3, -0.25) is 5.10 Å². The van der Waals surface area contributed by atoms with Gasteiger partial charge in [-0.2, -0.15) is 5.10 Å². The van der Waals surface area contributed by atoms with Crippen molar-refractivity contribution in [3.63, 3.8) is 0 Å². The molecular formula is C16H20FN3O. The van der Waals surface area contributed by atoms with Crippen molar-refractivity contribution in [2.75, 3.05) is 20.2 Å². The summed E-state index contributed by atoms with van der Waals surface area (Å²) in [6.07, 6.45) is 3.97. The molecule has 0 saturated heterocycles. The van der Waals surface area contributed by atoms with E-state index in [9.17, 15) is 9.50 Å². The zero-order chi connectivity index (χ0) is 14.9. The van der Waals surface area contributed by atoms with E-state index in [2.05, 4.69) is 15.1 Å². The highest BCUT2D eigenvalue weighted by molar-refractivity contribution is 5.62. The Hall–Kier alpha value is -1.72. The molecule has 2 N–H and O–H groups in total. The number of aliphatic hydroxyl groups is 1. The van der Waals surface area contributed by atoms with E-state index in [0.29, 0.717) is 0 Å². The van der Waals surface area contributed by atoms with Crippen LogP contribution in [0, 0.1) is 11.2 Å². The fraction of sp³-hybridized carbons (Fsp3) is 0.438. The first kappa shape index (κ1) is 14.2. The number of aromatic nitrogens is 2. The molecule has 0 aliphatic heterocycles. The SMILES string of the molecule is CN(Cc1cn[nH]c1-c1cccc(F)c1)CC1(CO)CC1. The van der Waals surface area contributed by atoms with Crippen molar-refractivity contribution in [3.8, 4) is 11.3 Å². The van der Waals surface area contributed by atoms with E-state index in [1.165, 1.54) is 12.1 Å². The normalized spacial score (nSPS) is 16.4. The largest absolute Gasteiger partial charge is 0.396 e. The molecule has 1 aliphatic carbocycles. The highest BCUT2D eigenvalue weighted by Gasteiger charge is 2.42. The molecule has 2 aromatic rings. The molecule has 21 heavy (non-hydrogen) atoms. The minimum atomic E-state index is -0.251. The van der Waals surface area contributed by atoms with Gasteiger partial charge in [0.15, 0.2) is 0 Å². The van der Waals surface area contributed by atoms with Crippen molar-refractivity contribution in [2.24, 2.45) is 5.41 Å². The number of nitrogens with one attached hydrogen (secondary N) is 1. The van der Waals surface area contributed by atoms with Gasteiger partial charge in [-0.05, 0) is 32.0 Å². The van der Waals surface area contributed by atoms with Crippen LogP contribution in [-0.4, -0.2) is 40.4 Å². The third-order valence-corrected chi connectivity index (χ3v) is 4.17. The topological polar surface area (TPSA) is 52.2 Å². The Morgan fingerprint density at radius 1 is 1.43 bits per heavy atom. The van der Waals surface area contributed by atoms with Gasteiger partial charge >= 0.3 is 0 Å². The van der Waals surface area contributed by atoms with Gasteiger partial charge in [0, 0.05) is 36.2 Å². The van der Waals surface area contributed by atoms with Crippen molar-refractivity contribution in [1.82, 2.24) is 15.1 Å². The van der Waals surface area contributed by atoms with E-state index < -0.39 is 0 Å². The van der Waals surface area contributed by atoms with E-state index >= 15 is 0 Å². The molecule has 112 valence electrons. The highest BCUT2D eigenvalue weighted by Crippen LogP contribution is 2.45. The maximum atomic E-state index is 13.4. The summed E-state index contributed by atoms with van der Waals surface area (Å²) in [5, 5.41) is 16.5. The number of benzene rings is 1. The van der Waals surface area contributed by atoms with Crippen LogP contribution in [0.1, 0.15) is 18.4 Å². The average molecular weight is 289 g/mol. The van der Waals surface area contributed by atoms with Crippen LogP contribution in [-0.2, 0) is 6.54 Å². The van der Waals surface area contributed by atoms with Gasteiger partial charge < -0.3 is 10.0 Å². The first-order valence-electron chi connectivity index (χ1n) is 7.19. The summed E-state index contributed by atoms with van der Waals surface area (Å²) >= 11 is 0. The molecule has 4 nitrogen and oxygen atoms in total. The average Bonchev–Trinajstić information content (AvgIpc) is 3.08. The lowest BCUT2D eigenvalue weighted by atomic mass is 10.1. The van der Waals surface area contributed by atoms with E-state index in [0.717, 1.165) is 42.8 Å². The molecule has 1 saturated carbocycles. The van der Waals surface area contributed by atoms with Crippen LogP contribution in [0.3, 0.4) is 0 Å². The molecule has 1 aromatic heterocycles. The smallest absolute Gasteiger partial charge is 0.123 e. The lowest BCUT2D eigenvalue weighted by molar-refractivity contribution is 0.161. The van der Waals surface area contributed by atoms with Crippen LogP contribution < -0.4 is 0 Å². The molecule has 5 heteroatoms. The van der Waals surface area contributed by atoms with Gasteiger partial charge in [0.25, 0.3) is 0 Å². The molecule has 1 fully saturated rings. The Balaban J connectivity index is 1.73. The van der Waals surface area contributed by atoms with Gasteiger partial charge in [0.05, 0.1) is 11.9 Å². The van der Waals surface area contributed by atoms with Gasteiger partial charge in [0.2, 0.25) is 0 Å². The summed E-state index contributed by atoms with van der Waals surface area (Å²) in [5.74, 6) is -0.251. The molecule has 0 radical (unpaired) electrons. The number of nitrogens with zero attached hydrogens (tertiary/aromatic N) is 2. The minimum Gasteiger partial charge on any atom is -0.396 e.